The molecule has 0 heterocycles. The number of nitrogens with one attached hydrogen (secondary N) is 1. The highest BCUT2D eigenvalue weighted by atomic mass is 32.2. The van der Waals surface area contributed by atoms with E-state index >= 15 is 0 Å². The third-order valence-corrected chi connectivity index (χ3v) is 3.04. The zero-order valence-electron chi connectivity index (χ0n) is 9.56. The third-order valence-electron chi connectivity index (χ3n) is 2.29. The average molecular weight is 239 g/mol. The molecular formula is C12H17NO2S. The van der Waals surface area contributed by atoms with Gasteiger partial charge in [0.1, 0.15) is 6.04 Å². The second-order valence-electron chi connectivity index (χ2n) is 3.50. The maximum Gasteiger partial charge on any atom is 0.325 e. The summed E-state index contributed by atoms with van der Waals surface area (Å²) in [4.78, 5) is 12.2. The molecule has 88 valence electrons. The van der Waals surface area contributed by atoms with Crippen molar-refractivity contribution in [3.8, 4) is 0 Å². The summed E-state index contributed by atoms with van der Waals surface area (Å²) in [5.41, 5.74) is 0.804. The van der Waals surface area contributed by atoms with E-state index in [1.807, 2.05) is 37.4 Å². The van der Waals surface area contributed by atoms with Gasteiger partial charge in [0.25, 0.3) is 0 Å². The molecule has 3 nitrogen and oxygen atoms in total. The van der Waals surface area contributed by atoms with Crippen LogP contribution in [0.25, 0.3) is 0 Å². The molecule has 1 aromatic rings. The van der Waals surface area contributed by atoms with Gasteiger partial charge in [0, 0.05) is 4.90 Å². The highest BCUT2D eigenvalue weighted by molar-refractivity contribution is 7.98. The lowest BCUT2D eigenvalue weighted by Crippen LogP contribution is -2.28. The zero-order valence-corrected chi connectivity index (χ0v) is 10.4. The number of hydrogen-bond donors (Lipinski definition) is 2. The summed E-state index contributed by atoms with van der Waals surface area (Å²) in [5, 5.41) is 12.1. The van der Waals surface area contributed by atoms with E-state index in [0.29, 0.717) is 6.54 Å². The Balaban J connectivity index is 2.79. The molecule has 0 aliphatic carbocycles. The molecule has 0 saturated carbocycles. The predicted octanol–water partition coefficient (Wildman–Crippen LogP) is 2.53. The number of aliphatic carboxylic acids is 1. The number of carbonyl (C=O) groups is 1. The van der Waals surface area contributed by atoms with E-state index in [1.165, 1.54) is 0 Å². The van der Waals surface area contributed by atoms with Gasteiger partial charge in [0.05, 0.1) is 0 Å². The highest BCUT2D eigenvalue weighted by Gasteiger charge is 2.18. The molecule has 1 aromatic carbocycles. The second-order valence-corrected chi connectivity index (χ2v) is 4.38. The lowest BCUT2D eigenvalue weighted by Gasteiger charge is -2.14. The molecule has 0 saturated heterocycles. The molecule has 2 N–H and O–H groups in total. The van der Waals surface area contributed by atoms with Gasteiger partial charge in [0.15, 0.2) is 0 Å². The molecule has 0 aromatic heterocycles. The van der Waals surface area contributed by atoms with Crippen LogP contribution in [-0.4, -0.2) is 23.9 Å². The first kappa shape index (κ1) is 13.1. The molecule has 1 unspecified atom stereocenters. The van der Waals surface area contributed by atoms with E-state index in [1.54, 1.807) is 11.8 Å². The second kappa shape index (κ2) is 6.55. The summed E-state index contributed by atoms with van der Waals surface area (Å²) >= 11 is 1.65. The smallest absolute Gasteiger partial charge is 0.325 e. The van der Waals surface area contributed by atoms with Crippen LogP contribution < -0.4 is 5.32 Å². The van der Waals surface area contributed by atoms with Crippen LogP contribution in [0, 0.1) is 0 Å². The number of hydrogen-bond acceptors (Lipinski definition) is 3. The first-order valence-corrected chi connectivity index (χ1v) is 6.51. The van der Waals surface area contributed by atoms with Crippen molar-refractivity contribution in [2.24, 2.45) is 0 Å². The van der Waals surface area contributed by atoms with Gasteiger partial charge < -0.3 is 10.4 Å². The van der Waals surface area contributed by atoms with Crippen LogP contribution in [0.15, 0.2) is 29.2 Å². The molecule has 0 amide bonds. The number of benzene rings is 1. The number of thioether (sulfide) groups is 1. The lowest BCUT2D eigenvalue weighted by molar-refractivity contribution is -0.139. The van der Waals surface area contributed by atoms with Crippen LogP contribution in [0.4, 0.5) is 0 Å². The van der Waals surface area contributed by atoms with Crippen LogP contribution >= 0.6 is 11.8 Å². The summed E-state index contributed by atoms with van der Waals surface area (Å²) in [7, 11) is 0. The van der Waals surface area contributed by atoms with Gasteiger partial charge in [-0.3, -0.25) is 4.79 Å². The van der Waals surface area contributed by atoms with Gasteiger partial charge in [-0.1, -0.05) is 19.1 Å². The molecule has 16 heavy (non-hydrogen) atoms. The van der Waals surface area contributed by atoms with Crippen molar-refractivity contribution >= 4 is 17.7 Å². The predicted molar refractivity (Wildman–Crippen MR) is 66.9 cm³/mol. The molecule has 0 aliphatic rings. The standard InChI is InChI=1S/C12H17NO2S/c1-3-8-13-11(12(14)15)9-4-6-10(16-2)7-5-9/h4-7,11,13H,3,8H2,1-2H3,(H,14,15). The van der Waals surface area contributed by atoms with E-state index < -0.39 is 12.0 Å². The quantitative estimate of drug-likeness (QED) is 0.749. The molecule has 0 spiro atoms. The first-order chi connectivity index (χ1) is 7.69. The van der Waals surface area contributed by atoms with Crippen LogP contribution in [-0.2, 0) is 4.79 Å². The van der Waals surface area contributed by atoms with Crippen LogP contribution in [0.2, 0.25) is 0 Å². The Morgan fingerprint density at radius 1 is 1.44 bits per heavy atom. The van der Waals surface area contributed by atoms with Crippen molar-refractivity contribution < 1.29 is 9.90 Å². The SMILES string of the molecule is CCCNC(C(=O)O)c1ccc(SC)cc1. The Kier molecular flexibility index (Phi) is 5.35. The zero-order chi connectivity index (χ0) is 12.0. The largest absolute Gasteiger partial charge is 0.480 e. The Bertz CT molecular complexity index is 337. The van der Waals surface area contributed by atoms with Crippen molar-refractivity contribution in [3.05, 3.63) is 29.8 Å². The maximum absolute atomic E-state index is 11.1. The van der Waals surface area contributed by atoms with E-state index in [0.717, 1.165) is 16.9 Å². The van der Waals surface area contributed by atoms with Crippen LogP contribution in [0.1, 0.15) is 24.9 Å². The van der Waals surface area contributed by atoms with Gasteiger partial charge in [0.2, 0.25) is 0 Å². The van der Waals surface area contributed by atoms with Gasteiger partial charge in [-0.2, -0.15) is 0 Å². The van der Waals surface area contributed by atoms with Gasteiger partial charge in [-0.15, -0.1) is 11.8 Å². The summed E-state index contributed by atoms with van der Waals surface area (Å²) in [6.45, 7) is 2.73. The van der Waals surface area contributed by atoms with Crippen molar-refractivity contribution in [1.82, 2.24) is 5.32 Å². The van der Waals surface area contributed by atoms with E-state index in [4.69, 9.17) is 5.11 Å². The molecular weight excluding hydrogens is 222 g/mol. The maximum atomic E-state index is 11.1. The fraction of sp³-hybridized carbons (Fsp3) is 0.417. The van der Waals surface area contributed by atoms with Crippen molar-refractivity contribution in [2.45, 2.75) is 24.3 Å². The van der Waals surface area contributed by atoms with Crippen molar-refractivity contribution in [2.75, 3.05) is 12.8 Å². The molecule has 0 radical (unpaired) electrons. The first-order valence-electron chi connectivity index (χ1n) is 5.29. The number of carboxylic acid groups (broad SMARTS) is 1. The molecule has 0 aliphatic heterocycles. The van der Waals surface area contributed by atoms with Crippen molar-refractivity contribution in [3.63, 3.8) is 0 Å². The Hall–Kier alpha value is -1.00. The van der Waals surface area contributed by atoms with Gasteiger partial charge >= 0.3 is 5.97 Å². The molecule has 1 rings (SSSR count). The normalized spacial score (nSPS) is 12.4. The third kappa shape index (κ3) is 3.54. The fourth-order valence-corrected chi connectivity index (χ4v) is 1.84. The minimum Gasteiger partial charge on any atom is -0.480 e. The number of rotatable bonds is 6. The summed E-state index contributed by atoms with van der Waals surface area (Å²) in [6.07, 6.45) is 2.92. The van der Waals surface area contributed by atoms with E-state index in [-0.39, 0.29) is 0 Å². The fourth-order valence-electron chi connectivity index (χ4n) is 1.43. The average Bonchev–Trinajstić information content (AvgIpc) is 2.30. The van der Waals surface area contributed by atoms with Crippen LogP contribution in [0.5, 0.6) is 0 Å². The number of carboxylic acids is 1. The minimum absolute atomic E-state index is 0.601. The highest BCUT2D eigenvalue weighted by Crippen LogP contribution is 2.19. The summed E-state index contributed by atoms with van der Waals surface area (Å²) < 4.78 is 0. The topological polar surface area (TPSA) is 49.3 Å². The molecule has 0 bridgehead atoms. The van der Waals surface area contributed by atoms with Gasteiger partial charge in [-0.05, 0) is 36.9 Å². The Labute approximate surface area is 100 Å². The lowest BCUT2D eigenvalue weighted by atomic mass is 10.1. The van der Waals surface area contributed by atoms with E-state index in [9.17, 15) is 4.79 Å². The Morgan fingerprint density at radius 2 is 2.06 bits per heavy atom. The summed E-state index contributed by atoms with van der Waals surface area (Å²) in [5.74, 6) is -0.828. The molecule has 1 atom stereocenters. The van der Waals surface area contributed by atoms with Crippen LogP contribution in [0.3, 0.4) is 0 Å². The monoisotopic (exact) mass is 239 g/mol. The summed E-state index contributed by atoms with van der Waals surface area (Å²) in [6, 6.07) is 7.03. The molecule has 4 heteroatoms. The molecule has 0 fully saturated rings. The Morgan fingerprint density at radius 3 is 2.50 bits per heavy atom. The van der Waals surface area contributed by atoms with E-state index in [2.05, 4.69) is 5.32 Å². The van der Waals surface area contributed by atoms with Gasteiger partial charge in [-0.25, -0.2) is 0 Å². The van der Waals surface area contributed by atoms with Crippen molar-refractivity contribution in [1.29, 1.82) is 0 Å². The minimum atomic E-state index is -0.828.